The number of piperidine rings is 1. The lowest BCUT2D eigenvalue weighted by molar-refractivity contribution is -0.217. The van der Waals surface area contributed by atoms with Crippen LogP contribution in [0.1, 0.15) is 31.7 Å². The van der Waals surface area contributed by atoms with Crippen molar-refractivity contribution in [1.29, 1.82) is 0 Å². The van der Waals surface area contributed by atoms with E-state index in [-0.39, 0.29) is 12.0 Å². The Labute approximate surface area is 114 Å². The highest BCUT2D eigenvalue weighted by Gasteiger charge is 2.30. The normalized spacial score (nSPS) is 20.2. The lowest BCUT2D eigenvalue weighted by Gasteiger charge is -2.32. The van der Waals surface area contributed by atoms with Crippen LogP contribution in [0.25, 0.3) is 0 Å². The van der Waals surface area contributed by atoms with Crippen LogP contribution in [0.15, 0.2) is 30.3 Å². The third-order valence-electron chi connectivity index (χ3n) is 3.25. The Bertz CT molecular complexity index is 394. The first kappa shape index (κ1) is 14.0. The van der Waals surface area contributed by atoms with E-state index in [1.165, 1.54) is 0 Å². The fraction of sp³-hybridized carbons (Fsp3) is 0.533. The van der Waals surface area contributed by atoms with Gasteiger partial charge in [0.2, 0.25) is 0 Å². The van der Waals surface area contributed by atoms with E-state index in [0.717, 1.165) is 31.4 Å². The Morgan fingerprint density at radius 3 is 2.84 bits per heavy atom. The quantitative estimate of drug-likeness (QED) is 0.765. The first-order valence-electron chi connectivity index (χ1n) is 6.91. The molecule has 1 aromatic carbocycles. The van der Waals surface area contributed by atoms with E-state index in [0.29, 0.717) is 13.2 Å². The predicted molar refractivity (Wildman–Crippen MR) is 72.2 cm³/mol. The number of ether oxygens (including phenoxy) is 1. The van der Waals surface area contributed by atoms with Gasteiger partial charge in [-0.2, -0.15) is 5.06 Å². The van der Waals surface area contributed by atoms with Crippen LogP contribution in [0.4, 0.5) is 0 Å². The second-order valence-corrected chi connectivity index (χ2v) is 4.66. The van der Waals surface area contributed by atoms with Crippen LogP contribution in [0.3, 0.4) is 0 Å². The van der Waals surface area contributed by atoms with Gasteiger partial charge in [-0.15, -0.1) is 0 Å². The number of esters is 1. The van der Waals surface area contributed by atoms with Crippen molar-refractivity contribution in [3.05, 3.63) is 35.9 Å². The molecule has 0 bridgehead atoms. The Balaban J connectivity index is 1.90. The zero-order valence-electron chi connectivity index (χ0n) is 11.4. The van der Waals surface area contributed by atoms with Crippen LogP contribution < -0.4 is 0 Å². The van der Waals surface area contributed by atoms with Crippen LogP contribution >= 0.6 is 0 Å². The van der Waals surface area contributed by atoms with Gasteiger partial charge in [-0.05, 0) is 31.7 Å². The van der Waals surface area contributed by atoms with E-state index in [2.05, 4.69) is 0 Å². The molecule has 1 heterocycles. The maximum absolute atomic E-state index is 11.9. The number of nitrogens with zero attached hydrogens (tertiary/aromatic N) is 1. The van der Waals surface area contributed by atoms with E-state index in [4.69, 9.17) is 9.57 Å². The Morgan fingerprint density at radius 1 is 1.32 bits per heavy atom. The molecule has 1 aliphatic rings. The molecule has 104 valence electrons. The highest BCUT2D eigenvalue weighted by Crippen LogP contribution is 2.19. The van der Waals surface area contributed by atoms with E-state index in [1.54, 1.807) is 5.06 Å². The van der Waals surface area contributed by atoms with Crippen molar-refractivity contribution in [3.63, 3.8) is 0 Å². The number of hydroxylamine groups is 2. The van der Waals surface area contributed by atoms with Gasteiger partial charge >= 0.3 is 5.97 Å². The van der Waals surface area contributed by atoms with Crippen molar-refractivity contribution in [2.24, 2.45) is 0 Å². The molecule has 0 amide bonds. The minimum absolute atomic E-state index is 0.171. The molecule has 2 rings (SSSR count). The Kier molecular flexibility index (Phi) is 5.36. The molecule has 4 nitrogen and oxygen atoms in total. The van der Waals surface area contributed by atoms with Gasteiger partial charge in [0.25, 0.3) is 0 Å². The average Bonchev–Trinajstić information content (AvgIpc) is 2.47. The van der Waals surface area contributed by atoms with Crippen LogP contribution in [-0.4, -0.2) is 30.2 Å². The second-order valence-electron chi connectivity index (χ2n) is 4.66. The molecule has 0 spiro atoms. The number of carbonyl (C=O) groups excluding carboxylic acids is 1. The largest absolute Gasteiger partial charge is 0.465 e. The summed E-state index contributed by atoms with van der Waals surface area (Å²) in [5.74, 6) is -0.171. The summed E-state index contributed by atoms with van der Waals surface area (Å²) in [5.41, 5.74) is 1.11. The van der Waals surface area contributed by atoms with Crippen molar-refractivity contribution >= 4 is 5.97 Å². The van der Waals surface area contributed by atoms with Crippen LogP contribution in [-0.2, 0) is 21.0 Å². The maximum atomic E-state index is 11.9. The molecule has 1 aromatic rings. The van der Waals surface area contributed by atoms with E-state index < -0.39 is 0 Å². The topological polar surface area (TPSA) is 38.8 Å². The molecule has 1 fully saturated rings. The monoisotopic (exact) mass is 263 g/mol. The molecule has 0 saturated carbocycles. The number of benzene rings is 1. The number of hydrogen-bond acceptors (Lipinski definition) is 4. The molecule has 0 radical (unpaired) electrons. The summed E-state index contributed by atoms with van der Waals surface area (Å²) >= 11 is 0. The first-order chi connectivity index (χ1) is 9.31. The van der Waals surface area contributed by atoms with Gasteiger partial charge in [-0.1, -0.05) is 30.3 Å². The average molecular weight is 263 g/mol. The molecular formula is C15H21NO3. The van der Waals surface area contributed by atoms with Crippen molar-refractivity contribution in [3.8, 4) is 0 Å². The number of hydrogen-bond donors (Lipinski definition) is 0. The van der Waals surface area contributed by atoms with Gasteiger partial charge < -0.3 is 4.74 Å². The van der Waals surface area contributed by atoms with E-state index >= 15 is 0 Å². The SMILES string of the molecule is CCOC(=O)C1CCCCN1OCc1ccccc1. The molecule has 1 unspecified atom stereocenters. The fourth-order valence-corrected chi connectivity index (χ4v) is 2.27. The molecule has 0 aliphatic carbocycles. The standard InChI is InChI=1S/C15H21NO3/c1-2-18-15(17)14-10-6-7-11-16(14)19-12-13-8-4-3-5-9-13/h3-5,8-9,14H,2,6-7,10-12H2,1H3. The lowest BCUT2D eigenvalue weighted by atomic mass is 10.0. The predicted octanol–water partition coefficient (Wildman–Crippen LogP) is 2.54. The van der Waals surface area contributed by atoms with E-state index in [1.807, 2.05) is 37.3 Å². The van der Waals surface area contributed by atoms with Crippen LogP contribution in [0.2, 0.25) is 0 Å². The Hall–Kier alpha value is -1.39. The molecule has 0 aromatic heterocycles. The molecule has 1 aliphatic heterocycles. The van der Waals surface area contributed by atoms with Crippen LogP contribution in [0.5, 0.6) is 0 Å². The van der Waals surface area contributed by atoms with Gasteiger partial charge in [0.15, 0.2) is 0 Å². The lowest BCUT2D eigenvalue weighted by Crippen LogP contribution is -2.45. The minimum atomic E-state index is -0.252. The smallest absolute Gasteiger partial charge is 0.325 e. The molecule has 4 heteroatoms. The van der Waals surface area contributed by atoms with Gasteiger partial charge in [0.05, 0.1) is 13.2 Å². The fourth-order valence-electron chi connectivity index (χ4n) is 2.27. The molecular weight excluding hydrogens is 242 g/mol. The summed E-state index contributed by atoms with van der Waals surface area (Å²) in [6, 6.07) is 9.73. The third kappa shape index (κ3) is 4.04. The number of carbonyl (C=O) groups is 1. The summed E-state index contributed by atoms with van der Waals surface area (Å²) in [6.45, 7) is 3.53. The summed E-state index contributed by atoms with van der Waals surface area (Å²) in [5, 5.41) is 1.79. The van der Waals surface area contributed by atoms with Crippen molar-refractivity contribution in [2.75, 3.05) is 13.2 Å². The highest BCUT2D eigenvalue weighted by atomic mass is 16.7. The summed E-state index contributed by atoms with van der Waals surface area (Å²) in [6.07, 6.45) is 2.92. The van der Waals surface area contributed by atoms with E-state index in [9.17, 15) is 4.79 Å². The van der Waals surface area contributed by atoms with Gasteiger partial charge in [0.1, 0.15) is 6.04 Å². The molecule has 0 N–H and O–H groups in total. The van der Waals surface area contributed by atoms with Gasteiger partial charge in [0, 0.05) is 6.54 Å². The Morgan fingerprint density at radius 2 is 2.11 bits per heavy atom. The minimum Gasteiger partial charge on any atom is -0.465 e. The van der Waals surface area contributed by atoms with Crippen molar-refractivity contribution in [2.45, 2.75) is 38.8 Å². The first-order valence-corrected chi connectivity index (χ1v) is 6.91. The molecule has 1 atom stereocenters. The maximum Gasteiger partial charge on any atom is 0.325 e. The van der Waals surface area contributed by atoms with Crippen LogP contribution in [0, 0.1) is 0 Å². The zero-order chi connectivity index (χ0) is 13.5. The van der Waals surface area contributed by atoms with Gasteiger partial charge in [-0.3, -0.25) is 9.63 Å². The van der Waals surface area contributed by atoms with Crippen molar-refractivity contribution in [1.82, 2.24) is 5.06 Å². The summed E-state index contributed by atoms with van der Waals surface area (Å²) < 4.78 is 5.10. The summed E-state index contributed by atoms with van der Waals surface area (Å²) in [4.78, 5) is 17.7. The molecule has 1 saturated heterocycles. The summed E-state index contributed by atoms with van der Waals surface area (Å²) in [7, 11) is 0. The van der Waals surface area contributed by atoms with Gasteiger partial charge in [-0.25, -0.2) is 0 Å². The molecule has 19 heavy (non-hydrogen) atoms. The third-order valence-corrected chi connectivity index (χ3v) is 3.25. The highest BCUT2D eigenvalue weighted by molar-refractivity contribution is 5.75. The zero-order valence-corrected chi connectivity index (χ0v) is 11.4. The van der Waals surface area contributed by atoms with Crippen molar-refractivity contribution < 1.29 is 14.4 Å². The second kappa shape index (κ2) is 7.26. The number of rotatable bonds is 5.